The number of anilines is 1. The van der Waals surface area contributed by atoms with Crippen LogP contribution in [-0.2, 0) is 12.8 Å². The number of aromatic nitrogens is 2. The van der Waals surface area contributed by atoms with Gasteiger partial charge in [-0.3, -0.25) is 0 Å². The summed E-state index contributed by atoms with van der Waals surface area (Å²) in [5, 5.41) is 0. The highest BCUT2D eigenvalue weighted by Gasteiger charge is 2.24. The highest BCUT2D eigenvalue weighted by Crippen LogP contribution is 2.38. The molecule has 0 radical (unpaired) electrons. The van der Waals surface area contributed by atoms with E-state index in [0.29, 0.717) is 0 Å². The van der Waals surface area contributed by atoms with Gasteiger partial charge in [0.1, 0.15) is 5.82 Å². The first-order chi connectivity index (χ1) is 15.7. The summed E-state index contributed by atoms with van der Waals surface area (Å²) in [4.78, 5) is 13.3. The van der Waals surface area contributed by atoms with Crippen LogP contribution >= 0.6 is 0 Å². The minimum atomic E-state index is -0.148. The van der Waals surface area contributed by atoms with Crippen LogP contribution in [0.25, 0.3) is 5.57 Å². The summed E-state index contributed by atoms with van der Waals surface area (Å²) in [7, 11) is 2.04. The van der Waals surface area contributed by atoms with Crippen molar-refractivity contribution in [3.8, 4) is 0 Å². The zero-order valence-electron chi connectivity index (χ0n) is 18.6. The predicted molar refractivity (Wildman–Crippen MR) is 127 cm³/mol. The Hall–Kier alpha value is -3.05. The van der Waals surface area contributed by atoms with Gasteiger partial charge in [0, 0.05) is 45.6 Å². The van der Waals surface area contributed by atoms with Crippen LogP contribution in [0.15, 0.2) is 66.5 Å². The maximum absolute atomic E-state index is 14.3. The van der Waals surface area contributed by atoms with E-state index in [2.05, 4.69) is 44.0 Å². The second kappa shape index (κ2) is 9.21. The highest BCUT2D eigenvalue weighted by molar-refractivity contribution is 5.86. The topological polar surface area (TPSA) is 32.3 Å². The zero-order chi connectivity index (χ0) is 21.9. The number of aryl methyl sites for hydroxylation is 2. The van der Waals surface area contributed by atoms with E-state index < -0.39 is 0 Å². The number of rotatable bonds is 4. The Morgan fingerprint density at radius 1 is 0.875 bits per heavy atom. The Balaban J connectivity index is 1.36. The van der Waals surface area contributed by atoms with Gasteiger partial charge in [0.25, 0.3) is 0 Å². The van der Waals surface area contributed by atoms with E-state index in [4.69, 9.17) is 0 Å². The molecule has 3 aromatic rings. The van der Waals surface area contributed by atoms with E-state index in [1.54, 1.807) is 24.5 Å². The molecular formula is C27H29FN4. The molecule has 2 aliphatic rings. The quantitative estimate of drug-likeness (QED) is 0.600. The van der Waals surface area contributed by atoms with Crippen molar-refractivity contribution in [2.45, 2.75) is 25.7 Å². The van der Waals surface area contributed by atoms with Gasteiger partial charge in [-0.15, -0.1) is 0 Å². The lowest BCUT2D eigenvalue weighted by atomic mass is 9.86. The minimum absolute atomic E-state index is 0.148. The molecular weight excluding hydrogens is 399 g/mol. The normalized spacial score (nSPS) is 16.3. The largest absolute Gasteiger partial charge is 0.343 e. The lowest BCUT2D eigenvalue weighted by molar-refractivity contribution is 0.262. The van der Waals surface area contributed by atoms with Gasteiger partial charge in [0.05, 0.1) is 0 Å². The monoisotopic (exact) mass is 428 g/mol. The lowest BCUT2D eigenvalue weighted by Crippen LogP contribution is -2.37. The van der Waals surface area contributed by atoms with Crippen molar-refractivity contribution in [3.05, 3.63) is 94.6 Å². The van der Waals surface area contributed by atoms with Crippen molar-refractivity contribution in [2.24, 2.45) is 0 Å². The van der Waals surface area contributed by atoms with Gasteiger partial charge < -0.3 is 9.80 Å². The number of nitrogens with zero attached hydrogens (tertiary/aromatic N) is 4. The summed E-state index contributed by atoms with van der Waals surface area (Å²) in [5.41, 5.74) is 7.76. The molecule has 4 nitrogen and oxygen atoms in total. The molecule has 1 fully saturated rings. The fraction of sp³-hybridized carbons (Fsp3) is 0.333. The van der Waals surface area contributed by atoms with E-state index in [-0.39, 0.29) is 5.82 Å². The van der Waals surface area contributed by atoms with Crippen LogP contribution in [0, 0.1) is 5.82 Å². The molecule has 0 spiro atoms. The summed E-state index contributed by atoms with van der Waals surface area (Å²) in [6.07, 6.45) is 7.57. The lowest BCUT2D eigenvalue weighted by Gasteiger charge is -2.31. The first-order valence-corrected chi connectivity index (χ1v) is 11.5. The number of piperidine rings is 1. The molecule has 0 N–H and O–H groups in total. The van der Waals surface area contributed by atoms with E-state index in [9.17, 15) is 4.39 Å². The van der Waals surface area contributed by atoms with Crippen molar-refractivity contribution in [1.82, 2.24) is 14.9 Å². The number of likely N-dealkylation sites (N-methyl/N-ethyl adjacent to an activating group) is 1. The molecule has 32 heavy (non-hydrogen) atoms. The summed E-state index contributed by atoms with van der Waals surface area (Å²) in [6.45, 7) is 3.93. The van der Waals surface area contributed by atoms with Gasteiger partial charge in [-0.25, -0.2) is 14.4 Å². The predicted octanol–water partition coefficient (Wildman–Crippen LogP) is 4.75. The van der Waals surface area contributed by atoms with Crippen LogP contribution in [0.4, 0.5) is 10.3 Å². The summed E-state index contributed by atoms with van der Waals surface area (Å²) in [5.74, 6) is 0.617. The van der Waals surface area contributed by atoms with Gasteiger partial charge in [-0.1, -0.05) is 35.9 Å². The van der Waals surface area contributed by atoms with Gasteiger partial charge in [0.15, 0.2) is 0 Å². The average molecular weight is 429 g/mol. The Bertz CT molecular complexity index is 1120. The molecule has 1 aromatic heterocycles. The third-order valence-electron chi connectivity index (χ3n) is 6.75. The number of benzene rings is 2. The summed E-state index contributed by atoms with van der Waals surface area (Å²) < 4.78 is 14.3. The Kier molecular flexibility index (Phi) is 5.99. The van der Waals surface area contributed by atoms with Crippen LogP contribution < -0.4 is 4.90 Å². The van der Waals surface area contributed by atoms with Gasteiger partial charge in [0.2, 0.25) is 5.95 Å². The molecule has 0 atom stereocenters. The Morgan fingerprint density at radius 2 is 1.59 bits per heavy atom. The average Bonchev–Trinajstić information content (AvgIpc) is 3.00. The Morgan fingerprint density at radius 3 is 2.38 bits per heavy atom. The van der Waals surface area contributed by atoms with Crippen LogP contribution in [0.2, 0.25) is 0 Å². The van der Waals surface area contributed by atoms with Crippen molar-refractivity contribution in [2.75, 3.05) is 38.1 Å². The molecule has 2 heterocycles. The number of hydrogen-bond donors (Lipinski definition) is 0. The second-order valence-electron chi connectivity index (χ2n) is 8.75. The molecule has 1 aliphatic carbocycles. The van der Waals surface area contributed by atoms with E-state index in [1.165, 1.54) is 27.8 Å². The molecule has 164 valence electrons. The number of likely N-dealkylation sites (tertiary alicyclic amines) is 1. The SMILES string of the molecule is CN(CCN1CCC(=C2c3ccccc3CCc3ccc(F)cc32)CC1)c1ncccn1. The molecule has 1 aliphatic heterocycles. The van der Waals surface area contributed by atoms with Crippen molar-refractivity contribution in [1.29, 1.82) is 0 Å². The van der Waals surface area contributed by atoms with Crippen molar-refractivity contribution < 1.29 is 4.39 Å². The molecule has 1 saturated heterocycles. The van der Waals surface area contributed by atoms with Gasteiger partial charge >= 0.3 is 0 Å². The van der Waals surface area contributed by atoms with Crippen molar-refractivity contribution >= 4 is 11.5 Å². The smallest absolute Gasteiger partial charge is 0.225 e. The first-order valence-electron chi connectivity index (χ1n) is 11.5. The van der Waals surface area contributed by atoms with Crippen LogP contribution in [0.1, 0.15) is 35.1 Å². The first kappa shape index (κ1) is 20.8. The van der Waals surface area contributed by atoms with E-state index in [0.717, 1.165) is 63.4 Å². The third-order valence-corrected chi connectivity index (χ3v) is 6.75. The maximum Gasteiger partial charge on any atom is 0.225 e. The molecule has 0 bridgehead atoms. The fourth-order valence-electron chi connectivity index (χ4n) is 4.95. The van der Waals surface area contributed by atoms with E-state index in [1.807, 2.05) is 19.2 Å². The standard InChI is InChI=1S/C27H29FN4/c1-31(27-29-13-4-14-30-27)17-18-32-15-11-22(12-16-32)26-24-6-3-2-5-20(24)7-8-21-9-10-23(28)19-25(21)26/h2-6,9-10,13-14,19H,7-8,11-12,15-18H2,1H3. The molecule has 0 saturated carbocycles. The Labute approximate surface area is 189 Å². The zero-order valence-corrected chi connectivity index (χ0v) is 18.6. The maximum atomic E-state index is 14.3. The fourth-order valence-corrected chi connectivity index (χ4v) is 4.95. The minimum Gasteiger partial charge on any atom is -0.343 e. The summed E-state index contributed by atoms with van der Waals surface area (Å²) in [6, 6.07) is 15.9. The highest BCUT2D eigenvalue weighted by atomic mass is 19.1. The van der Waals surface area contributed by atoms with Crippen LogP contribution in [0.3, 0.4) is 0 Å². The van der Waals surface area contributed by atoms with E-state index >= 15 is 0 Å². The molecule has 5 heteroatoms. The number of hydrogen-bond acceptors (Lipinski definition) is 4. The molecule has 2 aromatic carbocycles. The van der Waals surface area contributed by atoms with Gasteiger partial charge in [-0.05, 0) is 71.7 Å². The van der Waals surface area contributed by atoms with Gasteiger partial charge in [-0.2, -0.15) is 0 Å². The number of fused-ring (bicyclic) bond motifs is 2. The van der Waals surface area contributed by atoms with Crippen LogP contribution in [0.5, 0.6) is 0 Å². The summed E-state index contributed by atoms with van der Waals surface area (Å²) >= 11 is 0. The molecule has 5 rings (SSSR count). The number of halogens is 1. The second-order valence-corrected chi connectivity index (χ2v) is 8.75. The van der Waals surface area contributed by atoms with Crippen molar-refractivity contribution in [3.63, 3.8) is 0 Å². The molecule has 0 unspecified atom stereocenters. The van der Waals surface area contributed by atoms with Crippen LogP contribution in [-0.4, -0.2) is 48.1 Å². The molecule has 0 amide bonds. The third kappa shape index (κ3) is 4.30.